The summed E-state index contributed by atoms with van der Waals surface area (Å²) in [6.45, 7) is 8.17. The normalized spacial score (nSPS) is 10.9. The van der Waals surface area contributed by atoms with Crippen molar-refractivity contribution in [2.24, 2.45) is 0 Å². The number of aryl methyl sites for hydroxylation is 1. The van der Waals surface area contributed by atoms with Crippen LogP contribution in [0.1, 0.15) is 43.2 Å². The van der Waals surface area contributed by atoms with E-state index in [1.54, 1.807) is 0 Å². The number of rotatable bonds is 5. The minimum Gasteiger partial charge on any atom is -0.459 e. The standard InChI is InChI=1S/C31H26O.C2H6/c1-3-8-28-29-12-7-11-27(26-9-5-4-6-10-26)31(29)32-30(28)21-23-15-19-25(20-16-23)24-17-13-22(2)14-18-24;1-2/h3-20H,21H2,1-2H3;1-2H3/b8-3-;. The van der Waals surface area contributed by atoms with Crippen molar-refractivity contribution >= 4 is 17.0 Å². The van der Waals surface area contributed by atoms with Gasteiger partial charge >= 0.3 is 0 Å². The van der Waals surface area contributed by atoms with Gasteiger partial charge in [-0.25, -0.2) is 0 Å². The molecule has 0 aliphatic heterocycles. The molecule has 5 rings (SSSR count). The summed E-state index contributed by atoms with van der Waals surface area (Å²) >= 11 is 0. The number of furan rings is 1. The number of para-hydroxylation sites is 1. The molecule has 5 aromatic rings. The Labute approximate surface area is 203 Å². The van der Waals surface area contributed by atoms with E-state index in [0.717, 1.165) is 28.7 Å². The van der Waals surface area contributed by atoms with E-state index in [4.69, 9.17) is 4.42 Å². The highest BCUT2D eigenvalue weighted by Crippen LogP contribution is 2.36. The first-order valence-electron chi connectivity index (χ1n) is 12.1. The van der Waals surface area contributed by atoms with Crippen molar-refractivity contribution in [3.8, 4) is 22.3 Å². The Bertz CT molecular complexity index is 1370. The predicted octanol–water partition coefficient (Wildman–Crippen LogP) is 9.73. The Kier molecular flexibility index (Phi) is 7.44. The molecule has 0 unspecified atom stereocenters. The molecule has 1 heterocycles. The molecule has 34 heavy (non-hydrogen) atoms. The average molecular weight is 445 g/mol. The molecule has 0 bridgehead atoms. The lowest BCUT2D eigenvalue weighted by molar-refractivity contribution is 0.562. The van der Waals surface area contributed by atoms with Gasteiger partial charge in [0.15, 0.2) is 0 Å². The van der Waals surface area contributed by atoms with Crippen LogP contribution in [0.5, 0.6) is 0 Å². The van der Waals surface area contributed by atoms with Gasteiger partial charge in [-0.15, -0.1) is 0 Å². The third-order valence-corrected chi connectivity index (χ3v) is 5.95. The van der Waals surface area contributed by atoms with Gasteiger partial charge in [0, 0.05) is 22.9 Å². The monoisotopic (exact) mass is 444 g/mol. The lowest BCUT2D eigenvalue weighted by Gasteiger charge is -2.05. The Balaban J connectivity index is 0.00000133. The van der Waals surface area contributed by atoms with Gasteiger partial charge in [-0.2, -0.15) is 0 Å². The lowest BCUT2D eigenvalue weighted by Crippen LogP contribution is -1.89. The van der Waals surface area contributed by atoms with Crippen molar-refractivity contribution in [2.75, 3.05) is 0 Å². The molecule has 0 radical (unpaired) electrons. The van der Waals surface area contributed by atoms with E-state index in [1.807, 2.05) is 19.9 Å². The molecule has 0 spiro atoms. The van der Waals surface area contributed by atoms with E-state index >= 15 is 0 Å². The smallest absolute Gasteiger partial charge is 0.142 e. The lowest BCUT2D eigenvalue weighted by atomic mass is 9.99. The third-order valence-electron chi connectivity index (χ3n) is 5.95. The molecule has 4 aromatic carbocycles. The van der Waals surface area contributed by atoms with Gasteiger partial charge in [-0.1, -0.05) is 129 Å². The zero-order valence-corrected chi connectivity index (χ0v) is 20.5. The number of hydrogen-bond acceptors (Lipinski definition) is 1. The van der Waals surface area contributed by atoms with Crippen LogP contribution in [0, 0.1) is 6.92 Å². The fourth-order valence-electron chi connectivity index (χ4n) is 4.26. The number of allylic oxidation sites excluding steroid dienone is 1. The first-order valence-corrected chi connectivity index (χ1v) is 12.1. The Hall–Kier alpha value is -3.84. The maximum Gasteiger partial charge on any atom is 0.142 e. The second-order valence-electron chi connectivity index (χ2n) is 8.23. The molecule has 0 aliphatic carbocycles. The molecule has 0 saturated heterocycles. The largest absolute Gasteiger partial charge is 0.459 e. The fraction of sp³-hybridized carbons (Fsp3) is 0.152. The molecule has 0 N–H and O–H groups in total. The summed E-state index contributed by atoms with van der Waals surface area (Å²) in [6, 6.07) is 34.4. The van der Waals surface area contributed by atoms with Crippen LogP contribution in [0.4, 0.5) is 0 Å². The van der Waals surface area contributed by atoms with Gasteiger partial charge in [-0.3, -0.25) is 0 Å². The van der Waals surface area contributed by atoms with Crippen LogP contribution in [0.3, 0.4) is 0 Å². The van der Waals surface area contributed by atoms with Gasteiger partial charge in [-0.05, 0) is 36.1 Å². The van der Waals surface area contributed by atoms with E-state index in [9.17, 15) is 0 Å². The van der Waals surface area contributed by atoms with Crippen LogP contribution in [-0.2, 0) is 6.42 Å². The van der Waals surface area contributed by atoms with E-state index < -0.39 is 0 Å². The summed E-state index contributed by atoms with van der Waals surface area (Å²) in [5, 5.41) is 1.16. The van der Waals surface area contributed by atoms with Crippen molar-refractivity contribution in [1.82, 2.24) is 0 Å². The van der Waals surface area contributed by atoms with Crippen LogP contribution < -0.4 is 0 Å². The summed E-state index contributed by atoms with van der Waals surface area (Å²) < 4.78 is 6.52. The van der Waals surface area contributed by atoms with Crippen LogP contribution in [0.15, 0.2) is 108 Å². The predicted molar refractivity (Wildman–Crippen MR) is 147 cm³/mol. The quantitative estimate of drug-likeness (QED) is 0.263. The first-order chi connectivity index (χ1) is 16.7. The highest BCUT2D eigenvalue weighted by molar-refractivity contribution is 5.98. The zero-order valence-electron chi connectivity index (χ0n) is 20.5. The molecule has 0 aliphatic rings. The summed E-state index contributed by atoms with van der Waals surface area (Å²) in [5.74, 6) is 1.00. The molecule has 0 atom stereocenters. The second-order valence-corrected chi connectivity index (χ2v) is 8.23. The van der Waals surface area contributed by atoms with Crippen molar-refractivity contribution in [1.29, 1.82) is 0 Å². The molecular weight excluding hydrogens is 412 g/mol. The summed E-state index contributed by atoms with van der Waals surface area (Å²) in [4.78, 5) is 0. The second kappa shape index (κ2) is 10.9. The van der Waals surface area contributed by atoms with Crippen molar-refractivity contribution < 1.29 is 4.42 Å². The maximum absolute atomic E-state index is 6.52. The Morgan fingerprint density at radius 3 is 1.97 bits per heavy atom. The van der Waals surface area contributed by atoms with Crippen LogP contribution in [0.2, 0.25) is 0 Å². The van der Waals surface area contributed by atoms with Crippen LogP contribution >= 0.6 is 0 Å². The van der Waals surface area contributed by atoms with Crippen molar-refractivity contribution in [2.45, 2.75) is 34.1 Å². The van der Waals surface area contributed by atoms with E-state index in [2.05, 4.69) is 117 Å². The fourth-order valence-corrected chi connectivity index (χ4v) is 4.26. The highest BCUT2D eigenvalue weighted by atomic mass is 16.3. The van der Waals surface area contributed by atoms with Crippen LogP contribution in [-0.4, -0.2) is 0 Å². The van der Waals surface area contributed by atoms with E-state index in [-0.39, 0.29) is 0 Å². The van der Waals surface area contributed by atoms with E-state index in [0.29, 0.717) is 0 Å². The molecule has 1 heteroatoms. The topological polar surface area (TPSA) is 13.1 Å². The van der Waals surface area contributed by atoms with Gasteiger partial charge in [0.05, 0.1) is 0 Å². The average Bonchev–Trinajstić information content (AvgIpc) is 3.24. The molecule has 0 fully saturated rings. The summed E-state index contributed by atoms with van der Waals surface area (Å²) in [6.07, 6.45) is 5.01. The molecular formula is C33H32O. The maximum atomic E-state index is 6.52. The minimum atomic E-state index is 0.761. The zero-order chi connectivity index (χ0) is 23.9. The number of benzene rings is 4. The van der Waals surface area contributed by atoms with Gasteiger partial charge in [0.1, 0.15) is 11.3 Å². The Morgan fingerprint density at radius 2 is 1.32 bits per heavy atom. The molecule has 1 nitrogen and oxygen atoms in total. The van der Waals surface area contributed by atoms with Crippen molar-refractivity contribution in [3.05, 3.63) is 126 Å². The SMILES string of the molecule is C/C=C\c1c(Cc2ccc(-c3ccc(C)cc3)cc2)oc2c(-c3ccccc3)cccc12.CC. The van der Waals surface area contributed by atoms with Crippen molar-refractivity contribution in [3.63, 3.8) is 0 Å². The van der Waals surface area contributed by atoms with Crippen LogP contribution in [0.25, 0.3) is 39.3 Å². The minimum absolute atomic E-state index is 0.761. The first kappa shape index (κ1) is 23.3. The van der Waals surface area contributed by atoms with Gasteiger partial charge < -0.3 is 4.42 Å². The highest BCUT2D eigenvalue weighted by Gasteiger charge is 2.16. The Morgan fingerprint density at radius 1 is 0.676 bits per heavy atom. The summed E-state index contributed by atoms with van der Waals surface area (Å²) in [5.41, 5.74) is 9.43. The molecule has 170 valence electrons. The number of hydrogen-bond donors (Lipinski definition) is 0. The van der Waals surface area contributed by atoms with Gasteiger partial charge in [0.2, 0.25) is 0 Å². The third kappa shape index (κ3) is 4.89. The number of fused-ring (bicyclic) bond motifs is 1. The molecule has 1 aromatic heterocycles. The molecule has 0 saturated carbocycles. The molecule has 0 amide bonds. The van der Waals surface area contributed by atoms with E-state index in [1.165, 1.54) is 33.4 Å². The van der Waals surface area contributed by atoms with Gasteiger partial charge in [0.25, 0.3) is 0 Å². The summed E-state index contributed by atoms with van der Waals surface area (Å²) in [7, 11) is 0.